The molecule has 9 heavy (non-hydrogen) atoms. The molecular formula is C7H9NS. The van der Waals surface area contributed by atoms with E-state index in [9.17, 15) is 0 Å². The molecule has 1 aromatic rings. The first-order valence-corrected chi connectivity index (χ1v) is 3.24. The smallest absolute Gasteiger partial charge is 0.0208 e. The highest BCUT2D eigenvalue weighted by Crippen LogP contribution is 2.00. The first-order valence-electron chi connectivity index (χ1n) is 2.83. The summed E-state index contributed by atoms with van der Waals surface area (Å²) >= 11 is 4.96. The molecule has 0 unspecified atom stereocenters. The van der Waals surface area contributed by atoms with Crippen molar-refractivity contribution in [3.05, 3.63) is 24.0 Å². The van der Waals surface area contributed by atoms with E-state index in [0.717, 1.165) is 10.4 Å². The maximum atomic E-state index is 4.96. The third-order valence-corrected chi connectivity index (χ3v) is 1.47. The fourth-order valence-electron chi connectivity index (χ4n) is 0.712. The first-order chi connectivity index (χ1) is 4.20. The summed E-state index contributed by atoms with van der Waals surface area (Å²) in [6, 6.07) is 2.02. The Morgan fingerprint density at radius 2 is 2.33 bits per heavy atom. The lowest BCUT2D eigenvalue weighted by Crippen LogP contribution is -1.86. The van der Waals surface area contributed by atoms with E-state index in [0.29, 0.717) is 0 Å². The van der Waals surface area contributed by atoms with Crippen LogP contribution in [0.5, 0.6) is 0 Å². The van der Waals surface area contributed by atoms with Crippen LogP contribution in [0.3, 0.4) is 0 Å². The van der Waals surface area contributed by atoms with Gasteiger partial charge >= 0.3 is 0 Å². The van der Waals surface area contributed by atoms with Crippen molar-refractivity contribution in [3.63, 3.8) is 0 Å². The van der Waals surface area contributed by atoms with Crippen molar-refractivity contribution in [1.29, 1.82) is 0 Å². The minimum absolute atomic E-state index is 0.954. The first kappa shape index (κ1) is 6.49. The minimum atomic E-state index is 0.954. The van der Waals surface area contributed by atoms with Gasteiger partial charge in [-0.1, -0.05) is 12.2 Å². The van der Waals surface area contributed by atoms with Crippen molar-refractivity contribution in [2.45, 2.75) is 6.92 Å². The normalized spacial score (nSPS) is 9.56. The highest BCUT2D eigenvalue weighted by Gasteiger charge is 1.93. The van der Waals surface area contributed by atoms with E-state index in [1.54, 1.807) is 0 Å². The predicted molar refractivity (Wildman–Crippen MR) is 42.8 cm³/mol. The third-order valence-electron chi connectivity index (χ3n) is 1.24. The van der Waals surface area contributed by atoms with Gasteiger partial charge in [0, 0.05) is 29.9 Å². The van der Waals surface area contributed by atoms with Gasteiger partial charge in [-0.05, 0) is 13.0 Å². The van der Waals surface area contributed by atoms with Crippen LogP contribution in [0.4, 0.5) is 0 Å². The molecule has 0 fully saturated rings. The second-order valence-electron chi connectivity index (χ2n) is 2.12. The molecule has 0 saturated heterocycles. The quantitative estimate of drug-likeness (QED) is 0.424. The molecule has 1 heterocycles. The summed E-state index contributed by atoms with van der Waals surface area (Å²) < 4.78 is 1.99. The van der Waals surface area contributed by atoms with Crippen LogP contribution in [0.2, 0.25) is 0 Å². The topological polar surface area (TPSA) is 4.93 Å². The lowest BCUT2D eigenvalue weighted by Gasteiger charge is -1.87. The van der Waals surface area contributed by atoms with Crippen LogP contribution in [-0.4, -0.2) is 9.43 Å². The molecule has 0 saturated carbocycles. The highest BCUT2D eigenvalue weighted by atomic mass is 32.1. The standard InChI is InChI=1S/C7H9NS/c1-6(9)7-3-4-8(2)5-7/h3-5H,1-2H3. The van der Waals surface area contributed by atoms with Crippen molar-refractivity contribution in [3.8, 4) is 0 Å². The van der Waals surface area contributed by atoms with Gasteiger partial charge in [0.15, 0.2) is 0 Å². The molecule has 0 aliphatic heterocycles. The van der Waals surface area contributed by atoms with Gasteiger partial charge in [-0.15, -0.1) is 0 Å². The molecule has 0 amide bonds. The van der Waals surface area contributed by atoms with Crippen molar-refractivity contribution in [1.82, 2.24) is 4.57 Å². The van der Waals surface area contributed by atoms with Gasteiger partial charge < -0.3 is 4.57 Å². The summed E-state index contributed by atoms with van der Waals surface area (Å²) in [5, 5.41) is 0. The number of rotatable bonds is 1. The Morgan fingerprint density at radius 1 is 1.67 bits per heavy atom. The van der Waals surface area contributed by atoms with E-state index in [1.807, 2.05) is 37.0 Å². The van der Waals surface area contributed by atoms with Gasteiger partial charge in [-0.25, -0.2) is 0 Å². The van der Waals surface area contributed by atoms with Crippen LogP contribution in [0, 0.1) is 0 Å². The molecule has 0 spiro atoms. The van der Waals surface area contributed by atoms with Gasteiger partial charge in [0.05, 0.1) is 0 Å². The van der Waals surface area contributed by atoms with Crippen LogP contribution >= 0.6 is 12.2 Å². The van der Waals surface area contributed by atoms with Gasteiger partial charge in [-0.3, -0.25) is 0 Å². The Kier molecular flexibility index (Phi) is 1.67. The summed E-state index contributed by atoms with van der Waals surface area (Å²) in [6.45, 7) is 1.94. The Morgan fingerprint density at radius 3 is 2.56 bits per heavy atom. The molecule has 0 aliphatic carbocycles. The number of hydrogen-bond acceptors (Lipinski definition) is 1. The molecule has 2 heteroatoms. The van der Waals surface area contributed by atoms with Crippen LogP contribution in [-0.2, 0) is 7.05 Å². The Hall–Kier alpha value is -0.630. The van der Waals surface area contributed by atoms with Crippen molar-refractivity contribution < 1.29 is 0 Å². The lowest BCUT2D eigenvalue weighted by molar-refractivity contribution is 0.927. The van der Waals surface area contributed by atoms with E-state index in [1.165, 1.54) is 0 Å². The molecule has 0 atom stereocenters. The van der Waals surface area contributed by atoms with Gasteiger partial charge in [0.1, 0.15) is 0 Å². The largest absolute Gasteiger partial charge is 0.357 e. The molecule has 0 N–H and O–H groups in total. The molecular weight excluding hydrogens is 130 g/mol. The van der Waals surface area contributed by atoms with E-state index in [-0.39, 0.29) is 0 Å². The van der Waals surface area contributed by atoms with Crippen LogP contribution < -0.4 is 0 Å². The van der Waals surface area contributed by atoms with E-state index in [4.69, 9.17) is 12.2 Å². The fourth-order valence-corrected chi connectivity index (χ4v) is 0.832. The summed E-state index contributed by atoms with van der Waals surface area (Å²) in [7, 11) is 1.99. The van der Waals surface area contributed by atoms with Crippen LogP contribution in [0.25, 0.3) is 0 Å². The number of hydrogen-bond donors (Lipinski definition) is 0. The van der Waals surface area contributed by atoms with Gasteiger partial charge in [-0.2, -0.15) is 0 Å². The summed E-state index contributed by atoms with van der Waals surface area (Å²) in [4.78, 5) is 0.954. The van der Waals surface area contributed by atoms with Crippen molar-refractivity contribution in [2.24, 2.45) is 7.05 Å². The zero-order chi connectivity index (χ0) is 6.85. The lowest BCUT2D eigenvalue weighted by atomic mass is 10.3. The molecule has 1 nitrogen and oxygen atoms in total. The minimum Gasteiger partial charge on any atom is -0.357 e. The molecule has 0 bridgehead atoms. The Labute approximate surface area is 60.3 Å². The van der Waals surface area contributed by atoms with Gasteiger partial charge in [0.25, 0.3) is 0 Å². The second-order valence-corrected chi connectivity index (χ2v) is 2.73. The fraction of sp³-hybridized carbons (Fsp3) is 0.286. The number of nitrogens with zero attached hydrogens (tertiary/aromatic N) is 1. The third kappa shape index (κ3) is 1.39. The van der Waals surface area contributed by atoms with Crippen LogP contribution in [0.15, 0.2) is 18.5 Å². The van der Waals surface area contributed by atoms with Crippen molar-refractivity contribution >= 4 is 17.1 Å². The SMILES string of the molecule is CC(=S)c1ccn(C)c1. The molecule has 0 aromatic carbocycles. The summed E-state index contributed by atoms with van der Waals surface area (Å²) in [5.74, 6) is 0. The van der Waals surface area contributed by atoms with Crippen molar-refractivity contribution in [2.75, 3.05) is 0 Å². The van der Waals surface area contributed by atoms with E-state index in [2.05, 4.69) is 0 Å². The maximum Gasteiger partial charge on any atom is 0.0208 e. The second kappa shape index (κ2) is 2.31. The number of aryl methyl sites for hydroxylation is 1. The molecule has 0 aliphatic rings. The molecule has 48 valence electrons. The number of thiocarbonyl (C=S) groups is 1. The Bertz CT molecular complexity index is 225. The van der Waals surface area contributed by atoms with E-state index < -0.39 is 0 Å². The predicted octanol–water partition coefficient (Wildman–Crippen LogP) is 1.76. The van der Waals surface area contributed by atoms with Gasteiger partial charge in [0.2, 0.25) is 0 Å². The monoisotopic (exact) mass is 139 g/mol. The average molecular weight is 139 g/mol. The maximum absolute atomic E-state index is 4.96. The van der Waals surface area contributed by atoms with Crippen LogP contribution in [0.1, 0.15) is 12.5 Å². The molecule has 1 aromatic heterocycles. The summed E-state index contributed by atoms with van der Waals surface area (Å²) in [5.41, 5.74) is 1.15. The Balaban J connectivity index is 2.98. The zero-order valence-corrected chi connectivity index (χ0v) is 6.40. The number of aromatic nitrogens is 1. The average Bonchev–Trinajstić information content (AvgIpc) is 2.14. The molecule has 0 radical (unpaired) electrons. The highest BCUT2D eigenvalue weighted by molar-refractivity contribution is 7.80. The summed E-state index contributed by atoms with van der Waals surface area (Å²) in [6.07, 6.45) is 4.01. The zero-order valence-electron chi connectivity index (χ0n) is 5.59. The van der Waals surface area contributed by atoms with E-state index >= 15 is 0 Å². The molecule has 1 rings (SSSR count).